The minimum absolute atomic E-state index is 0.333. The molecule has 1 aromatic heterocycles. The highest BCUT2D eigenvalue weighted by atomic mass is 14.9. The zero-order valence-electron chi connectivity index (χ0n) is 7.16. The summed E-state index contributed by atoms with van der Waals surface area (Å²) in [7, 11) is 0. The highest BCUT2D eigenvalue weighted by Gasteiger charge is 2.23. The molecule has 1 aliphatic rings. The molecule has 1 heterocycles. The van der Waals surface area contributed by atoms with Gasteiger partial charge in [-0.15, -0.1) is 0 Å². The predicted molar refractivity (Wildman–Crippen MR) is 47.8 cm³/mol. The maximum atomic E-state index is 6.02. The van der Waals surface area contributed by atoms with E-state index in [1.165, 1.54) is 25.0 Å². The van der Waals surface area contributed by atoms with Crippen LogP contribution in [0.3, 0.4) is 0 Å². The molecule has 1 fully saturated rings. The average Bonchev–Trinajstić information content (AvgIpc) is 2.57. The Morgan fingerprint density at radius 3 is 2.92 bits per heavy atom. The first-order valence-electron chi connectivity index (χ1n) is 4.62. The fourth-order valence-corrected chi connectivity index (χ4v) is 2.02. The molecule has 3 heteroatoms. The van der Waals surface area contributed by atoms with Crippen molar-refractivity contribution in [1.82, 2.24) is 9.97 Å². The van der Waals surface area contributed by atoms with Crippen molar-refractivity contribution in [3.8, 4) is 0 Å². The number of nitrogens with one attached hydrogen (secondary N) is 1. The lowest BCUT2D eigenvalue weighted by Crippen LogP contribution is -2.31. The molecule has 1 aromatic rings. The van der Waals surface area contributed by atoms with Crippen molar-refractivity contribution >= 4 is 0 Å². The van der Waals surface area contributed by atoms with Crippen LogP contribution in [-0.2, 0) is 0 Å². The molecule has 0 radical (unpaired) electrons. The van der Waals surface area contributed by atoms with Crippen LogP contribution in [0.25, 0.3) is 0 Å². The maximum absolute atomic E-state index is 6.02. The number of H-pyrrole nitrogens is 1. The van der Waals surface area contributed by atoms with E-state index < -0.39 is 0 Å². The van der Waals surface area contributed by atoms with E-state index in [9.17, 15) is 0 Å². The summed E-state index contributed by atoms with van der Waals surface area (Å²) in [5, 5.41) is 0. The molecule has 12 heavy (non-hydrogen) atoms. The van der Waals surface area contributed by atoms with Gasteiger partial charge in [0.25, 0.3) is 0 Å². The zero-order chi connectivity index (χ0) is 8.39. The summed E-state index contributed by atoms with van der Waals surface area (Å²) in [6.45, 7) is 0. The van der Waals surface area contributed by atoms with Crippen molar-refractivity contribution in [2.45, 2.75) is 37.6 Å². The number of aromatic nitrogens is 2. The Hall–Kier alpha value is -0.830. The van der Waals surface area contributed by atoms with E-state index in [1.807, 2.05) is 6.20 Å². The van der Waals surface area contributed by atoms with E-state index in [0.29, 0.717) is 12.0 Å². The van der Waals surface area contributed by atoms with Crippen LogP contribution in [0, 0.1) is 0 Å². The zero-order valence-corrected chi connectivity index (χ0v) is 7.16. The number of rotatable bonds is 1. The molecular formula is C9H15N3. The van der Waals surface area contributed by atoms with Crippen molar-refractivity contribution in [1.29, 1.82) is 0 Å². The number of nitrogens with two attached hydrogens (primary N) is 1. The van der Waals surface area contributed by atoms with Crippen molar-refractivity contribution in [2.75, 3.05) is 0 Å². The molecule has 0 spiro atoms. The summed E-state index contributed by atoms with van der Waals surface area (Å²) in [4.78, 5) is 7.17. The summed E-state index contributed by atoms with van der Waals surface area (Å²) >= 11 is 0. The molecule has 0 aromatic carbocycles. The monoisotopic (exact) mass is 165 g/mol. The molecule has 3 N–H and O–H groups in total. The standard InChI is InChI=1S/C9H15N3/c10-8-4-2-1-3-7(8)9-5-11-6-12-9/h5-8H,1-4,10H2,(H,11,12). The number of hydrogen-bond donors (Lipinski definition) is 2. The Kier molecular flexibility index (Phi) is 2.13. The molecule has 2 atom stereocenters. The van der Waals surface area contributed by atoms with Gasteiger partial charge in [-0.3, -0.25) is 0 Å². The van der Waals surface area contributed by atoms with Crippen molar-refractivity contribution in [2.24, 2.45) is 5.73 Å². The fourth-order valence-electron chi connectivity index (χ4n) is 2.02. The lowest BCUT2D eigenvalue weighted by atomic mass is 9.83. The second-order valence-corrected chi connectivity index (χ2v) is 3.56. The van der Waals surface area contributed by atoms with Crippen LogP contribution in [0.4, 0.5) is 0 Å². The molecule has 2 rings (SSSR count). The first kappa shape index (κ1) is 7.80. The van der Waals surface area contributed by atoms with Crippen LogP contribution >= 0.6 is 0 Å². The number of hydrogen-bond acceptors (Lipinski definition) is 2. The Labute approximate surface area is 72.4 Å². The van der Waals surface area contributed by atoms with E-state index in [1.54, 1.807) is 6.33 Å². The number of aromatic amines is 1. The van der Waals surface area contributed by atoms with Gasteiger partial charge < -0.3 is 10.7 Å². The molecule has 0 amide bonds. The van der Waals surface area contributed by atoms with Crippen LogP contribution in [0.15, 0.2) is 12.5 Å². The lowest BCUT2D eigenvalue weighted by molar-refractivity contribution is 0.380. The minimum atomic E-state index is 0.333. The van der Waals surface area contributed by atoms with Gasteiger partial charge in [0.05, 0.1) is 6.33 Å². The molecular weight excluding hydrogens is 150 g/mol. The second-order valence-electron chi connectivity index (χ2n) is 3.56. The largest absolute Gasteiger partial charge is 0.348 e. The van der Waals surface area contributed by atoms with Gasteiger partial charge in [-0.1, -0.05) is 12.8 Å². The molecule has 66 valence electrons. The van der Waals surface area contributed by atoms with Crippen molar-refractivity contribution < 1.29 is 0 Å². The van der Waals surface area contributed by atoms with Gasteiger partial charge in [-0.25, -0.2) is 4.98 Å². The number of imidazole rings is 1. The molecule has 1 aliphatic carbocycles. The van der Waals surface area contributed by atoms with Crippen LogP contribution in [0.1, 0.15) is 37.3 Å². The SMILES string of the molecule is NC1CCCCC1c1cnc[nH]1. The van der Waals surface area contributed by atoms with Gasteiger partial charge in [0.15, 0.2) is 0 Å². The van der Waals surface area contributed by atoms with E-state index in [0.717, 1.165) is 6.42 Å². The summed E-state index contributed by atoms with van der Waals surface area (Å²) in [6, 6.07) is 0.333. The summed E-state index contributed by atoms with van der Waals surface area (Å²) in [6.07, 6.45) is 8.59. The van der Waals surface area contributed by atoms with Gasteiger partial charge in [-0.05, 0) is 12.8 Å². The summed E-state index contributed by atoms with van der Waals surface area (Å²) in [5.41, 5.74) is 7.23. The van der Waals surface area contributed by atoms with Crippen LogP contribution < -0.4 is 5.73 Å². The average molecular weight is 165 g/mol. The van der Waals surface area contributed by atoms with Gasteiger partial charge in [-0.2, -0.15) is 0 Å². The molecule has 1 saturated carbocycles. The Morgan fingerprint density at radius 2 is 2.25 bits per heavy atom. The number of nitrogens with zero attached hydrogens (tertiary/aromatic N) is 1. The fraction of sp³-hybridized carbons (Fsp3) is 0.667. The lowest BCUT2D eigenvalue weighted by Gasteiger charge is -2.27. The van der Waals surface area contributed by atoms with E-state index in [-0.39, 0.29) is 0 Å². The first-order chi connectivity index (χ1) is 5.88. The highest BCUT2D eigenvalue weighted by Crippen LogP contribution is 2.30. The minimum Gasteiger partial charge on any atom is -0.348 e. The van der Waals surface area contributed by atoms with Gasteiger partial charge in [0.1, 0.15) is 0 Å². The molecule has 0 saturated heterocycles. The Balaban J connectivity index is 2.11. The maximum Gasteiger partial charge on any atom is 0.0921 e. The van der Waals surface area contributed by atoms with Crippen LogP contribution in [0.2, 0.25) is 0 Å². The Morgan fingerprint density at radius 1 is 1.42 bits per heavy atom. The van der Waals surface area contributed by atoms with Crippen molar-refractivity contribution in [3.63, 3.8) is 0 Å². The molecule has 2 unspecified atom stereocenters. The highest BCUT2D eigenvalue weighted by molar-refractivity contribution is 5.08. The molecule has 0 bridgehead atoms. The van der Waals surface area contributed by atoms with Crippen molar-refractivity contribution in [3.05, 3.63) is 18.2 Å². The first-order valence-corrected chi connectivity index (χ1v) is 4.62. The molecule has 0 aliphatic heterocycles. The van der Waals surface area contributed by atoms with Crippen LogP contribution in [0.5, 0.6) is 0 Å². The smallest absolute Gasteiger partial charge is 0.0921 e. The summed E-state index contributed by atoms with van der Waals surface area (Å²) < 4.78 is 0. The quantitative estimate of drug-likeness (QED) is 0.660. The Bertz CT molecular complexity index is 230. The normalized spacial score (nSPS) is 30.4. The predicted octanol–water partition coefficient (Wildman–Crippen LogP) is 1.39. The van der Waals surface area contributed by atoms with E-state index >= 15 is 0 Å². The van der Waals surface area contributed by atoms with Gasteiger partial charge in [0.2, 0.25) is 0 Å². The van der Waals surface area contributed by atoms with E-state index in [2.05, 4.69) is 9.97 Å². The van der Waals surface area contributed by atoms with Gasteiger partial charge in [0, 0.05) is 23.9 Å². The van der Waals surface area contributed by atoms with E-state index in [4.69, 9.17) is 5.73 Å². The third kappa shape index (κ3) is 1.37. The molecule has 3 nitrogen and oxygen atoms in total. The summed E-state index contributed by atoms with van der Waals surface area (Å²) in [5.74, 6) is 0.515. The second kappa shape index (κ2) is 3.27. The third-order valence-electron chi connectivity index (χ3n) is 2.74. The van der Waals surface area contributed by atoms with Crippen LogP contribution in [-0.4, -0.2) is 16.0 Å². The topological polar surface area (TPSA) is 54.7 Å². The van der Waals surface area contributed by atoms with Gasteiger partial charge >= 0.3 is 0 Å². The third-order valence-corrected chi connectivity index (χ3v) is 2.74.